The van der Waals surface area contributed by atoms with E-state index in [1.165, 1.54) is 19.2 Å². The molecule has 0 unspecified atom stereocenters. The molecule has 1 aromatic heterocycles. The van der Waals surface area contributed by atoms with E-state index < -0.39 is 5.97 Å². The summed E-state index contributed by atoms with van der Waals surface area (Å²) in [5.74, 6) is 0.174. The van der Waals surface area contributed by atoms with Gasteiger partial charge in [0.05, 0.1) is 29.5 Å². The summed E-state index contributed by atoms with van der Waals surface area (Å²) in [5, 5.41) is 1.57. The quantitative estimate of drug-likeness (QED) is 0.375. The molecule has 0 aliphatic rings. The highest BCUT2D eigenvalue weighted by atomic mass is 35.5. The first-order valence-electron chi connectivity index (χ1n) is 7.23. The van der Waals surface area contributed by atoms with Crippen molar-refractivity contribution in [3.05, 3.63) is 68.2 Å². The van der Waals surface area contributed by atoms with Crippen molar-refractivity contribution in [2.75, 3.05) is 12.8 Å². The van der Waals surface area contributed by atoms with Crippen LogP contribution in [-0.2, 0) is 10.6 Å². The number of H-pyrrole nitrogens is 1. The van der Waals surface area contributed by atoms with Gasteiger partial charge < -0.3 is 15.5 Å². The molecule has 1 heterocycles. The smallest absolute Gasteiger partial charge is 0.339 e. The fourth-order valence-electron chi connectivity index (χ4n) is 2.05. The average Bonchev–Trinajstić information content (AvgIpc) is 2.61. The van der Waals surface area contributed by atoms with Gasteiger partial charge in [-0.25, -0.2) is 9.78 Å². The number of hydrogen-bond donors (Lipinski definition) is 2. The van der Waals surface area contributed by atoms with Crippen LogP contribution in [0.4, 0.5) is 5.69 Å². The lowest BCUT2D eigenvalue weighted by Gasteiger charge is -2.02. The molecule has 0 radical (unpaired) electrons. The van der Waals surface area contributed by atoms with Crippen LogP contribution in [0.15, 0.2) is 41.2 Å². The summed E-state index contributed by atoms with van der Waals surface area (Å²) in [7, 11) is 1.30. The van der Waals surface area contributed by atoms with Crippen LogP contribution in [0.2, 0.25) is 10.0 Å². The minimum absolute atomic E-state index is 0.178. The Labute approximate surface area is 163 Å². The lowest BCUT2D eigenvalue weighted by molar-refractivity contribution is 0.0602. The van der Waals surface area contributed by atoms with E-state index in [1.807, 2.05) is 0 Å². The molecule has 6 nitrogen and oxygen atoms in total. The van der Waals surface area contributed by atoms with Crippen molar-refractivity contribution in [1.29, 1.82) is 0 Å². The lowest BCUT2D eigenvalue weighted by atomic mass is 10.2. The standard InChI is InChI=1S/C9H6Cl2N2O.C8H8ClNO2/c10-4-8-12-7-3-5(11)1-2-6(7)9(14)13-8;1-12-8(11)6-3-2-5(9)4-7(6)10/h1-3H,4H2,(H,12,13,14);2-4H,10H2,1H3. The lowest BCUT2D eigenvalue weighted by Crippen LogP contribution is -2.10. The number of aromatic amines is 1. The normalized spacial score (nSPS) is 10.2. The average molecular weight is 415 g/mol. The zero-order chi connectivity index (χ0) is 19.3. The van der Waals surface area contributed by atoms with Gasteiger partial charge in [0.15, 0.2) is 0 Å². The number of halogens is 3. The molecule has 0 atom stereocenters. The van der Waals surface area contributed by atoms with Crippen molar-refractivity contribution in [3.63, 3.8) is 0 Å². The zero-order valence-electron chi connectivity index (χ0n) is 13.6. The highest BCUT2D eigenvalue weighted by molar-refractivity contribution is 6.31. The van der Waals surface area contributed by atoms with Gasteiger partial charge in [-0.2, -0.15) is 0 Å². The molecule has 0 bridgehead atoms. The number of nitrogens with one attached hydrogen (secondary N) is 1. The van der Waals surface area contributed by atoms with E-state index in [9.17, 15) is 9.59 Å². The summed E-state index contributed by atoms with van der Waals surface area (Å²) < 4.78 is 4.49. The molecule has 3 N–H and O–H groups in total. The van der Waals surface area contributed by atoms with E-state index in [1.54, 1.807) is 24.3 Å². The van der Waals surface area contributed by atoms with E-state index >= 15 is 0 Å². The molecule has 0 amide bonds. The topological polar surface area (TPSA) is 98.1 Å². The number of carbonyl (C=O) groups is 1. The minimum Gasteiger partial charge on any atom is -0.465 e. The summed E-state index contributed by atoms with van der Waals surface area (Å²) in [6, 6.07) is 9.56. The van der Waals surface area contributed by atoms with Crippen molar-refractivity contribution in [2.45, 2.75) is 5.88 Å². The van der Waals surface area contributed by atoms with Gasteiger partial charge in [0.2, 0.25) is 0 Å². The highest BCUT2D eigenvalue weighted by Crippen LogP contribution is 2.18. The number of alkyl halides is 1. The Hall–Kier alpha value is -2.28. The summed E-state index contributed by atoms with van der Waals surface area (Å²) in [5.41, 5.74) is 6.55. The first-order chi connectivity index (χ1) is 12.3. The monoisotopic (exact) mass is 413 g/mol. The number of fused-ring (bicyclic) bond motifs is 1. The predicted molar refractivity (Wildman–Crippen MR) is 104 cm³/mol. The number of nitrogens with zero attached hydrogens (tertiary/aromatic N) is 1. The molecule has 0 saturated carbocycles. The Kier molecular flexibility index (Phi) is 6.85. The van der Waals surface area contributed by atoms with E-state index in [-0.39, 0.29) is 11.4 Å². The third-order valence-corrected chi connectivity index (χ3v) is 3.99. The fourth-order valence-corrected chi connectivity index (χ4v) is 2.53. The van der Waals surface area contributed by atoms with E-state index in [4.69, 9.17) is 40.5 Å². The van der Waals surface area contributed by atoms with Crippen molar-refractivity contribution >= 4 is 57.4 Å². The molecule has 0 aliphatic carbocycles. The van der Waals surface area contributed by atoms with Gasteiger partial charge in [0.25, 0.3) is 5.56 Å². The molecule has 0 aliphatic heterocycles. The molecule has 0 fully saturated rings. The highest BCUT2D eigenvalue weighted by Gasteiger charge is 2.08. The zero-order valence-corrected chi connectivity index (χ0v) is 15.8. The summed E-state index contributed by atoms with van der Waals surface area (Å²) in [6.45, 7) is 0. The van der Waals surface area contributed by atoms with Crippen LogP contribution in [0.3, 0.4) is 0 Å². The number of anilines is 1. The van der Waals surface area contributed by atoms with Gasteiger partial charge in [0, 0.05) is 15.7 Å². The third-order valence-electron chi connectivity index (χ3n) is 3.26. The number of methoxy groups -OCH3 is 1. The molecule has 2 aromatic carbocycles. The summed E-state index contributed by atoms with van der Waals surface area (Å²) in [4.78, 5) is 29.2. The van der Waals surface area contributed by atoms with Crippen molar-refractivity contribution in [1.82, 2.24) is 9.97 Å². The van der Waals surface area contributed by atoms with Gasteiger partial charge in [-0.05, 0) is 36.4 Å². The molecule has 3 aromatic rings. The summed E-state index contributed by atoms with van der Waals surface area (Å²) in [6.07, 6.45) is 0. The maximum Gasteiger partial charge on any atom is 0.339 e. The predicted octanol–water partition coefficient (Wildman–Crippen LogP) is 4.02. The van der Waals surface area contributed by atoms with Crippen LogP contribution < -0.4 is 11.3 Å². The largest absolute Gasteiger partial charge is 0.465 e. The number of esters is 1. The molecule has 3 rings (SSSR count). The number of carbonyl (C=O) groups excluding carboxylic acids is 1. The molecule has 136 valence electrons. The third kappa shape index (κ3) is 4.88. The maximum atomic E-state index is 11.5. The molecule has 26 heavy (non-hydrogen) atoms. The Bertz CT molecular complexity index is 1010. The Morgan fingerprint density at radius 1 is 1.19 bits per heavy atom. The van der Waals surface area contributed by atoms with Gasteiger partial charge in [-0.15, -0.1) is 11.6 Å². The van der Waals surface area contributed by atoms with Crippen molar-refractivity contribution in [3.8, 4) is 0 Å². The van der Waals surface area contributed by atoms with Crippen LogP contribution in [0.25, 0.3) is 10.9 Å². The van der Waals surface area contributed by atoms with Crippen LogP contribution in [-0.4, -0.2) is 23.0 Å². The number of benzene rings is 2. The fraction of sp³-hybridized carbons (Fsp3) is 0.118. The first kappa shape index (κ1) is 20.0. The van der Waals surface area contributed by atoms with Crippen LogP contribution in [0.1, 0.15) is 16.2 Å². The molecule has 9 heteroatoms. The number of nitrogen functional groups attached to an aromatic ring is 1. The second-order valence-corrected chi connectivity index (χ2v) is 6.17. The van der Waals surface area contributed by atoms with E-state index in [0.29, 0.717) is 38.0 Å². The van der Waals surface area contributed by atoms with Crippen LogP contribution in [0.5, 0.6) is 0 Å². The Morgan fingerprint density at radius 3 is 2.46 bits per heavy atom. The van der Waals surface area contributed by atoms with Crippen molar-refractivity contribution < 1.29 is 9.53 Å². The minimum atomic E-state index is -0.454. The maximum absolute atomic E-state index is 11.5. The van der Waals surface area contributed by atoms with Gasteiger partial charge in [0.1, 0.15) is 5.82 Å². The molecule has 0 spiro atoms. The number of hydrogen-bond acceptors (Lipinski definition) is 5. The van der Waals surface area contributed by atoms with Gasteiger partial charge in [-0.3, -0.25) is 4.79 Å². The first-order valence-corrected chi connectivity index (χ1v) is 8.52. The van der Waals surface area contributed by atoms with Crippen LogP contribution in [0, 0.1) is 0 Å². The van der Waals surface area contributed by atoms with E-state index in [0.717, 1.165) is 0 Å². The van der Waals surface area contributed by atoms with E-state index in [2.05, 4.69) is 14.7 Å². The summed E-state index contributed by atoms with van der Waals surface area (Å²) >= 11 is 17.0. The van der Waals surface area contributed by atoms with Gasteiger partial charge in [-0.1, -0.05) is 23.2 Å². The second kappa shape index (κ2) is 8.89. The van der Waals surface area contributed by atoms with Gasteiger partial charge >= 0.3 is 5.97 Å². The Balaban J connectivity index is 0.000000190. The number of rotatable bonds is 2. The number of ether oxygens (including phenoxy) is 1. The number of aromatic nitrogens is 2. The molecular formula is C17H14Cl3N3O3. The molecule has 0 saturated heterocycles. The number of nitrogens with two attached hydrogens (primary N) is 1. The second-order valence-electron chi connectivity index (χ2n) is 5.03. The molecular weight excluding hydrogens is 401 g/mol. The SMILES string of the molecule is COC(=O)c1ccc(Cl)cc1N.O=c1[nH]c(CCl)nc2cc(Cl)ccc12. The van der Waals surface area contributed by atoms with Crippen LogP contribution >= 0.6 is 34.8 Å². The van der Waals surface area contributed by atoms with Crippen molar-refractivity contribution in [2.24, 2.45) is 0 Å². The Morgan fingerprint density at radius 2 is 1.85 bits per heavy atom.